The van der Waals surface area contributed by atoms with Gasteiger partial charge in [-0.05, 0) is 67.1 Å². The van der Waals surface area contributed by atoms with Crippen LogP contribution >= 0.6 is 0 Å². The van der Waals surface area contributed by atoms with Gasteiger partial charge in [-0.15, -0.1) is 0 Å². The molecule has 1 aliphatic rings. The van der Waals surface area contributed by atoms with Gasteiger partial charge in [0.2, 0.25) is 11.8 Å². The Balaban J connectivity index is 1.51. The monoisotopic (exact) mass is 485 g/mol. The number of carbonyl (C=O) groups is 2. The van der Waals surface area contributed by atoms with E-state index in [4.69, 9.17) is 10.5 Å². The van der Waals surface area contributed by atoms with Gasteiger partial charge in [-0.3, -0.25) is 9.59 Å². The molecule has 1 saturated heterocycles. The van der Waals surface area contributed by atoms with Crippen molar-refractivity contribution < 1.29 is 14.3 Å². The van der Waals surface area contributed by atoms with Crippen molar-refractivity contribution in [3.05, 3.63) is 90.0 Å². The lowest BCUT2D eigenvalue weighted by Gasteiger charge is -2.39. The number of carbonyl (C=O) groups excluding carboxylic acids is 2. The summed E-state index contributed by atoms with van der Waals surface area (Å²) in [6, 6.07) is 25.0. The van der Waals surface area contributed by atoms with Crippen LogP contribution in [0.1, 0.15) is 37.3 Å². The van der Waals surface area contributed by atoms with Crippen LogP contribution in [0, 0.1) is 0 Å². The molecule has 0 radical (unpaired) electrons. The molecule has 2 amide bonds. The molecule has 6 nitrogen and oxygen atoms in total. The van der Waals surface area contributed by atoms with Gasteiger partial charge in [0.05, 0.1) is 6.61 Å². The van der Waals surface area contributed by atoms with Crippen LogP contribution in [0.15, 0.2) is 78.9 Å². The number of unbranched alkanes of at least 4 members (excludes halogenated alkanes) is 1. The van der Waals surface area contributed by atoms with Crippen molar-refractivity contribution in [2.45, 2.75) is 51.2 Å². The van der Waals surface area contributed by atoms with E-state index in [1.807, 2.05) is 61.5 Å². The smallest absolute Gasteiger partial charge is 0.246 e. The fraction of sp³-hybridized carbons (Fsp3) is 0.333. The number of ether oxygens (including phenoxy) is 1. The highest BCUT2D eigenvalue weighted by molar-refractivity contribution is 5.97. The second-order valence-corrected chi connectivity index (χ2v) is 9.17. The molecule has 0 spiro atoms. The Kier molecular flexibility index (Phi) is 8.74. The fourth-order valence-corrected chi connectivity index (χ4v) is 4.67. The number of benzene rings is 3. The maximum Gasteiger partial charge on any atom is 0.246 e. The molecule has 0 saturated carbocycles. The largest absolute Gasteiger partial charge is 0.494 e. The van der Waals surface area contributed by atoms with Gasteiger partial charge in [0.1, 0.15) is 17.8 Å². The summed E-state index contributed by atoms with van der Waals surface area (Å²) < 4.78 is 5.52. The molecule has 4 rings (SSSR count). The first-order valence-corrected chi connectivity index (χ1v) is 12.8. The number of amides is 2. The SMILES string of the molecule is CCOc1ccc(CC2NC(=O)C(CCCCN)N(Cc3ccc(-c4ccccc4)cc3)C2=O)cc1. The average molecular weight is 486 g/mol. The molecule has 188 valence electrons. The molecule has 0 aromatic heterocycles. The van der Waals surface area contributed by atoms with Crippen LogP contribution in [0.5, 0.6) is 5.75 Å². The second-order valence-electron chi connectivity index (χ2n) is 9.17. The summed E-state index contributed by atoms with van der Waals surface area (Å²) in [4.78, 5) is 28.6. The van der Waals surface area contributed by atoms with E-state index >= 15 is 0 Å². The summed E-state index contributed by atoms with van der Waals surface area (Å²) in [6.07, 6.45) is 2.67. The van der Waals surface area contributed by atoms with E-state index in [0.717, 1.165) is 40.8 Å². The molecular formula is C30H35N3O3. The molecule has 1 fully saturated rings. The quantitative estimate of drug-likeness (QED) is 0.396. The molecule has 36 heavy (non-hydrogen) atoms. The van der Waals surface area contributed by atoms with Crippen molar-refractivity contribution in [2.24, 2.45) is 5.73 Å². The van der Waals surface area contributed by atoms with E-state index in [1.54, 1.807) is 4.90 Å². The molecule has 2 atom stereocenters. The zero-order valence-corrected chi connectivity index (χ0v) is 20.9. The molecule has 0 aliphatic carbocycles. The summed E-state index contributed by atoms with van der Waals surface area (Å²) in [5, 5.41) is 2.99. The van der Waals surface area contributed by atoms with E-state index in [9.17, 15) is 9.59 Å². The van der Waals surface area contributed by atoms with Gasteiger partial charge >= 0.3 is 0 Å². The Morgan fingerprint density at radius 1 is 0.861 bits per heavy atom. The number of hydrogen-bond donors (Lipinski definition) is 2. The van der Waals surface area contributed by atoms with Crippen molar-refractivity contribution in [1.82, 2.24) is 10.2 Å². The van der Waals surface area contributed by atoms with Crippen LogP contribution in [0.2, 0.25) is 0 Å². The minimum Gasteiger partial charge on any atom is -0.494 e. The third-order valence-electron chi connectivity index (χ3n) is 6.60. The van der Waals surface area contributed by atoms with Crippen molar-refractivity contribution in [2.75, 3.05) is 13.2 Å². The highest BCUT2D eigenvalue weighted by Gasteiger charge is 2.40. The van der Waals surface area contributed by atoms with Crippen molar-refractivity contribution >= 4 is 11.8 Å². The van der Waals surface area contributed by atoms with Crippen molar-refractivity contribution in [3.63, 3.8) is 0 Å². The van der Waals surface area contributed by atoms with E-state index in [1.165, 1.54) is 0 Å². The van der Waals surface area contributed by atoms with Crippen LogP contribution in [0.4, 0.5) is 0 Å². The number of piperazine rings is 1. The van der Waals surface area contributed by atoms with Gasteiger partial charge in [-0.25, -0.2) is 0 Å². The summed E-state index contributed by atoms with van der Waals surface area (Å²) in [5.41, 5.74) is 9.92. The van der Waals surface area contributed by atoms with Gasteiger partial charge in [0, 0.05) is 13.0 Å². The minimum absolute atomic E-state index is 0.0478. The number of nitrogens with zero attached hydrogens (tertiary/aromatic N) is 1. The highest BCUT2D eigenvalue weighted by Crippen LogP contribution is 2.24. The van der Waals surface area contributed by atoms with E-state index in [0.29, 0.717) is 32.5 Å². The zero-order valence-electron chi connectivity index (χ0n) is 20.9. The summed E-state index contributed by atoms with van der Waals surface area (Å²) in [6.45, 7) is 3.51. The Hall–Kier alpha value is -3.64. The first-order chi connectivity index (χ1) is 17.6. The molecule has 1 heterocycles. The number of nitrogens with two attached hydrogens (primary N) is 1. The first-order valence-electron chi connectivity index (χ1n) is 12.8. The van der Waals surface area contributed by atoms with Gasteiger partial charge in [0.15, 0.2) is 0 Å². The number of rotatable bonds is 11. The van der Waals surface area contributed by atoms with Crippen LogP contribution in [0.25, 0.3) is 11.1 Å². The third kappa shape index (κ3) is 6.32. The lowest BCUT2D eigenvalue weighted by atomic mass is 9.96. The molecule has 3 aromatic rings. The summed E-state index contributed by atoms with van der Waals surface area (Å²) in [5.74, 6) is 0.651. The Bertz CT molecular complexity index is 1130. The van der Waals surface area contributed by atoms with Crippen LogP contribution < -0.4 is 15.8 Å². The average Bonchev–Trinajstić information content (AvgIpc) is 2.91. The number of nitrogens with one attached hydrogen (secondary N) is 1. The lowest BCUT2D eigenvalue weighted by Crippen LogP contribution is -2.63. The predicted octanol–water partition coefficient (Wildman–Crippen LogP) is 4.32. The normalized spacial score (nSPS) is 17.7. The first kappa shape index (κ1) is 25.5. The van der Waals surface area contributed by atoms with Gasteiger partial charge < -0.3 is 20.7 Å². The maximum atomic E-state index is 13.6. The summed E-state index contributed by atoms with van der Waals surface area (Å²) in [7, 11) is 0. The van der Waals surface area contributed by atoms with Crippen LogP contribution in [-0.2, 0) is 22.6 Å². The van der Waals surface area contributed by atoms with Crippen LogP contribution in [-0.4, -0.2) is 41.9 Å². The van der Waals surface area contributed by atoms with E-state index in [2.05, 4.69) is 29.6 Å². The maximum absolute atomic E-state index is 13.6. The molecule has 6 heteroatoms. The Morgan fingerprint density at radius 2 is 1.53 bits per heavy atom. The van der Waals surface area contributed by atoms with E-state index in [-0.39, 0.29) is 11.8 Å². The molecule has 2 unspecified atom stereocenters. The Labute approximate surface area is 213 Å². The third-order valence-corrected chi connectivity index (χ3v) is 6.60. The van der Waals surface area contributed by atoms with Crippen LogP contribution in [0.3, 0.4) is 0 Å². The van der Waals surface area contributed by atoms with Gasteiger partial charge in [0.25, 0.3) is 0 Å². The Morgan fingerprint density at radius 3 is 2.19 bits per heavy atom. The second kappa shape index (κ2) is 12.4. The molecule has 3 N–H and O–H groups in total. The fourth-order valence-electron chi connectivity index (χ4n) is 4.67. The zero-order chi connectivity index (χ0) is 25.3. The molecule has 3 aromatic carbocycles. The summed E-state index contributed by atoms with van der Waals surface area (Å²) >= 11 is 0. The van der Waals surface area contributed by atoms with Crippen molar-refractivity contribution in [3.8, 4) is 16.9 Å². The molecule has 1 aliphatic heterocycles. The van der Waals surface area contributed by atoms with Gasteiger partial charge in [-0.2, -0.15) is 0 Å². The number of hydrogen-bond acceptors (Lipinski definition) is 4. The van der Waals surface area contributed by atoms with Gasteiger partial charge in [-0.1, -0.05) is 66.7 Å². The highest BCUT2D eigenvalue weighted by atomic mass is 16.5. The minimum atomic E-state index is -0.593. The van der Waals surface area contributed by atoms with E-state index < -0.39 is 12.1 Å². The molecule has 0 bridgehead atoms. The topological polar surface area (TPSA) is 84.7 Å². The van der Waals surface area contributed by atoms with Crippen molar-refractivity contribution in [1.29, 1.82) is 0 Å². The molecular weight excluding hydrogens is 450 g/mol. The lowest BCUT2D eigenvalue weighted by molar-refractivity contribution is -0.150. The standard InChI is InChI=1S/C30H35N3O3/c1-2-36-26-17-13-22(14-18-26)20-27-30(35)33(28(29(34)32-27)10-6-7-19-31)21-23-11-15-25(16-12-23)24-8-4-3-5-9-24/h3-5,8-9,11-18,27-28H,2,6-7,10,19-21,31H2,1H3,(H,32,34). The predicted molar refractivity (Wildman–Crippen MR) is 142 cm³/mol.